The molecule has 0 aliphatic carbocycles. The molecule has 24 heavy (non-hydrogen) atoms. The second-order valence-electron chi connectivity index (χ2n) is 6.19. The molecular formula is C17H20FN3O3. The first-order valence-electron chi connectivity index (χ1n) is 7.31. The molecule has 0 saturated heterocycles. The molecule has 0 aliphatic rings. The summed E-state index contributed by atoms with van der Waals surface area (Å²) in [6.45, 7) is 5.28. The van der Waals surface area contributed by atoms with E-state index in [0.717, 1.165) is 0 Å². The molecule has 0 unspecified atom stereocenters. The zero-order valence-electron chi connectivity index (χ0n) is 14.0. The number of amides is 1. The zero-order chi connectivity index (χ0) is 17.9. The Bertz CT molecular complexity index is 727. The lowest BCUT2D eigenvalue weighted by Crippen LogP contribution is -2.34. The van der Waals surface area contributed by atoms with Crippen molar-refractivity contribution in [2.24, 2.45) is 0 Å². The lowest BCUT2D eigenvalue weighted by atomic mass is 10.2. The molecule has 0 saturated carbocycles. The molecule has 1 aromatic heterocycles. The van der Waals surface area contributed by atoms with E-state index in [-0.39, 0.29) is 11.6 Å². The Hall–Kier alpha value is -2.83. The van der Waals surface area contributed by atoms with Crippen molar-refractivity contribution in [2.45, 2.75) is 26.4 Å². The van der Waals surface area contributed by atoms with Gasteiger partial charge in [-0.15, -0.1) is 0 Å². The fraction of sp³-hybridized carbons (Fsp3) is 0.294. The van der Waals surface area contributed by atoms with Crippen LogP contribution in [0.4, 0.5) is 20.6 Å². The molecule has 2 rings (SSSR count). The number of ether oxygens (including phenoxy) is 2. The number of nitrogen functional groups attached to an aromatic ring is 1. The molecule has 0 bridgehead atoms. The van der Waals surface area contributed by atoms with Gasteiger partial charge in [-0.3, -0.25) is 4.90 Å². The van der Waals surface area contributed by atoms with Crippen LogP contribution in [-0.4, -0.2) is 23.7 Å². The van der Waals surface area contributed by atoms with Crippen molar-refractivity contribution in [2.75, 3.05) is 17.7 Å². The van der Waals surface area contributed by atoms with Crippen LogP contribution in [-0.2, 0) is 4.74 Å². The highest BCUT2D eigenvalue weighted by molar-refractivity contribution is 5.87. The second kappa shape index (κ2) is 6.74. The zero-order valence-corrected chi connectivity index (χ0v) is 14.0. The van der Waals surface area contributed by atoms with Gasteiger partial charge in [0.15, 0.2) is 11.6 Å². The molecule has 7 heteroatoms. The predicted octanol–water partition coefficient (Wildman–Crippen LogP) is 3.97. The second-order valence-corrected chi connectivity index (χ2v) is 6.19. The number of hydrogen-bond acceptors (Lipinski definition) is 5. The number of nitrogens with two attached hydrogens (primary N) is 1. The monoisotopic (exact) mass is 333 g/mol. The van der Waals surface area contributed by atoms with Gasteiger partial charge < -0.3 is 15.2 Å². The number of anilines is 2. The summed E-state index contributed by atoms with van der Waals surface area (Å²) >= 11 is 0. The molecule has 2 N–H and O–H groups in total. The predicted molar refractivity (Wildman–Crippen MR) is 89.8 cm³/mol. The van der Waals surface area contributed by atoms with Gasteiger partial charge in [-0.1, -0.05) is 0 Å². The summed E-state index contributed by atoms with van der Waals surface area (Å²) in [4.78, 5) is 17.2. The minimum absolute atomic E-state index is 0.00592. The van der Waals surface area contributed by atoms with Crippen LogP contribution in [0.1, 0.15) is 20.8 Å². The van der Waals surface area contributed by atoms with Crippen LogP contribution >= 0.6 is 0 Å². The molecular weight excluding hydrogens is 313 g/mol. The van der Waals surface area contributed by atoms with Crippen LogP contribution in [0.25, 0.3) is 0 Å². The molecule has 6 nitrogen and oxygen atoms in total. The molecule has 1 amide bonds. The maximum atomic E-state index is 14.2. The van der Waals surface area contributed by atoms with E-state index in [0.29, 0.717) is 11.4 Å². The van der Waals surface area contributed by atoms with Crippen molar-refractivity contribution in [3.63, 3.8) is 0 Å². The number of halogens is 1. The number of hydrogen-bond donors (Lipinski definition) is 1. The van der Waals surface area contributed by atoms with E-state index < -0.39 is 17.5 Å². The normalized spacial score (nSPS) is 11.0. The Kier molecular flexibility index (Phi) is 4.92. The summed E-state index contributed by atoms with van der Waals surface area (Å²) in [5, 5.41) is 0. The molecule has 128 valence electrons. The Morgan fingerprint density at radius 3 is 2.50 bits per heavy atom. The van der Waals surface area contributed by atoms with Gasteiger partial charge in [0.1, 0.15) is 5.60 Å². The molecule has 0 aliphatic heterocycles. The summed E-state index contributed by atoms with van der Waals surface area (Å²) < 4.78 is 24.8. The van der Waals surface area contributed by atoms with Crippen molar-refractivity contribution >= 4 is 17.5 Å². The molecule has 0 spiro atoms. The number of pyridine rings is 1. The fourth-order valence-corrected chi connectivity index (χ4v) is 1.78. The van der Waals surface area contributed by atoms with Gasteiger partial charge in [0, 0.05) is 24.9 Å². The maximum Gasteiger partial charge on any atom is 0.414 e. The Morgan fingerprint density at radius 2 is 1.96 bits per heavy atom. The van der Waals surface area contributed by atoms with Crippen LogP contribution < -0.4 is 15.4 Å². The number of aromatic nitrogens is 1. The topological polar surface area (TPSA) is 77.7 Å². The first-order valence-corrected chi connectivity index (χ1v) is 7.31. The van der Waals surface area contributed by atoms with Gasteiger partial charge in [0.25, 0.3) is 0 Å². The van der Waals surface area contributed by atoms with Gasteiger partial charge >= 0.3 is 6.09 Å². The molecule has 1 aromatic carbocycles. The van der Waals surface area contributed by atoms with Gasteiger partial charge in [-0.25, -0.2) is 14.2 Å². The highest BCUT2D eigenvalue weighted by Gasteiger charge is 2.21. The Morgan fingerprint density at radius 1 is 1.25 bits per heavy atom. The average Bonchev–Trinajstić information content (AvgIpc) is 2.49. The molecule has 1 heterocycles. The highest BCUT2D eigenvalue weighted by Crippen LogP contribution is 2.27. The number of rotatable bonds is 3. The largest absolute Gasteiger partial charge is 0.443 e. The van der Waals surface area contributed by atoms with Crippen molar-refractivity contribution in [1.82, 2.24) is 4.98 Å². The van der Waals surface area contributed by atoms with Crippen molar-refractivity contribution in [3.8, 4) is 11.6 Å². The van der Waals surface area contributed by atoms with E-state index in [1.54, 1.807) is 32.9 Å². The standard InChI is InChI=1S/C17H20FN3O3/c1-17(2,3)24-16(22)21(4)12-6-7-14(13(18)9-12)23-15-8-5-11(19)10-20-15/h5-10H,19H2,1-4H3. The maximum absolute atomic E-state index is 14.2. The van der Waals surface area contributed by atoms with Crippen LogP contribution in [0.2, 0.25) is 0 Å². The van der Waals surface area contributed by atoms with E-state index >= 15 is 0 Å². The summed E-state index contributed by atoms with van der Waals surface area (Å²) in [5.74, 6) is -0.411. The first kappa shape index (κ1) is 17.5. The van der Waals surface area contributed by atoms with E-state index in [4.69, 9.17) is 15.2 Å². The third-order valence-corrected chi connectivity index (χ3v) is 2.94. The van der Waals surface area contributed by atoms with Crippen molar-refractivity contribution in [1.29, 1.82) is 0 Å². The quantitative estimate of drug-likeness (QED) is 0.919. The molecule has 0 radical (unpaired) electrons. The SMILES string of the molecule is CN(C(=O)OC(C)(C)C)c1ccc(Oc2ccc(N)cn2)c(F)c1. The minimum atomic E-state index is -0.631. The third kappa shape index (κ3) is 4.58. The minimum Gasteiger partial charge on any atom is -0.443 e. The summed E-state index contributed by atoms with van der Waals surface area (Å²) in [7, 11) is 1.50. The number of benzene rings is 1. The van der Waals surface area contributed by atoms with Gasteiger partial charge in [-0.2, -0.15) is 0 Å². The lowest BCUT2D eigenvalue weighted by Gasteiger charge is -2.24. The smallest absolute Gasteiger partial charge is 0.414 e. The first-order chi connectivity index (χ1) is 11.2. The number of carbonyl (C=O) groups is 1. The lowest BCUT2D eigenvalue weighted by molar-refractivity contribution is 0.0589. The van der Waals surface area contributed by atoms with Crippen LogP contribution in [0.5, 0.6) is 11.6 Å². The van der Waals surface area contributed by atoms with Gasteiger partial charge in [0.2, 0.25) is 5.88 Å². The van der Waals surface area contributed by atoms with Gasteiger partial charge in [-0.05, 0) is 39.0 Å². The van der Waals surface area contributed by atoms with E-state index in [2.05, 4.69) is 4.98 Å². The summed E-state index contributed by atoms with van der Waals surface area (Å²) in [5.41, 5.74) is 5.73. The Balaban J connectivity index is 2.14. The number of nitrogens with zero attached hydrogens (tertiary/aromatic N) is 2. The van der Waals surface area contributed by atoms with Gasteiger partial charge in [0.05, 0.1) is 11.9 Å². The number of carbonyl (C=O) groups excluding carboxylic acids is 1. The summed E-state index contributed by atoms with van der Waals surface area (Å²) in [6, 6.07) is 7.31. The van der Waals surface area contributed by atoms with Crippen LogP contribution in [0.3, 0.4) is 0 Å². The molecule has 0 atom stereocenters. The van der Waals surface area contributed by atoms with E-state index in [1.165, 1.54) is 36.3 Å². The van der Waals surface area contributed by atoms with Crippen molar-refractivity contribution < 1.29 is 18.7 Å². The highest BCUT2D eigenvalue weighted by atomic mass is 19.1. The van der Waals surface area contributed by atoms with Crippen LogP contribution in [0, 0.1) is 5.82 Å². The van der Waals surface area contributed by atoms with E-state index in [1.807, 2.05) is 0 Å². The third-order valence-electron chi connectivity index (χ3n) is 2.94. The average molecular weight is 333 g/mol. The fourth-order valence-electron chi connectivity index (χ4n) is 1.78. The van der Waals surface area contributed by atoms with E-state index in [9.17, 15) is 9.18 Å². The Labute approximate surface area is 140 Å². The molecule has 0 fully saturated rings. The molecule has 2 aromatic rings. The van der Waals surface area contributed by atoms with Crippen molar-refractivity contribution in [3.05, 3.63) is 42.3 Å². The summed E-state index contributed by atoms with van der Waals surface area (Å²) in [6.07, 6.45) is 0.841. The van der Waals surface area contributed by atoms with Crippen LogP contribution in [0.15, 0.2) is 36.5 Å².